The van der Waals surface area contributed by atoms with Crippen LogP contribution in [0.15, 0.2) is 17.0 Å². The van der Waals surface area contributed by atoms with Crippen LogP contribution in [0.4, 0.5) is 0 Å². The van der Waals surface area contributed by atoms with Crippen molar-refractivity contribution in [2.45, 2.75) is 58.4 Å². The molecule has 3 N–H and O–H groups in total. The molecule has 1 aromatic rings. The Bertz CT molecular complexity index is 770. The average Bonchev–Trinajstić information content (AvgIpc) is 2.48. The van der Waals surface area contributed by atoms with Gasteiger partial charge >= 0.3 is 0 Å². The first-order valence-corrected chi connectivity index (χ1v) is 10.5. The van der Waals surface area contributed by atoms with Gasteiger partial charge in [-0.25, -0.2) is 13.1 Å². The van der Waals surface area contributed by atoms with Crippen molar-refractivity contribution < 1.29 is 13.2 Å². The highest BCUT2D eigenvalue weighted by atomic mass is 35.5. The number of halogens is 1. The number of nitrogens with zero attached hydrogens (tertiary/aromatic N) is 1. The lowest BCUT2D eigenvalue weighted by atomic mass is 9.79. The number of amides is 1. The van der Waals surface area contributed by atoms with Crippen molar-refractivity contribution in [2.75, 3.05) is 19.6 Å². The molecular weight excluding hydrogens is 386 g/mol. The summed E-state index contributed by atoms with van der Waals surface area (Å²) in [6.07, 6.45) is 0.917. The fourth-order valence-corrected chi connectivity index (χ4v) is 5.18. The Morgan fingerprint density at radius 1 is 1.26 bits per heavy atom. The van der Waals surface area contributed by atoms with E-state index in [1.54, 1.807) is 18.7 Å². The summed E-state index contributed by atoms with van der Waals surface area (Å²) in [5.74, 6) is -0.0370. The van der Waals surface area contributed by atoms with E-state index in [9.17, 15) is 13.2 Å². The number of nitrogens with two attached hydrogens (primary N) is 1. The van der Waals surface area contributed by atoms with Gasteiger partial charge in [-0.3, -0.25) is 4.79 Å². The fourth-order valence-electron chi connectivity index (χ4n) is 3.70. The lowest BCUT2D eigenvalue weighted by Crippen LogP contribution is -2.54. The molecule has 8 heteroatoms. The maximum atomic E-state index is 12.6. The topological polar surface area (TPSA) is 92.5 Å². The molecule has 1 atom stereocenters. The molecule has 0 spiro atoms. The number of sulfonamides is 1. The number of rotatable bonds is 5. The standard InChI is InChI=1S/C19H31N3O3S.ClH/c1-13-10-14(2)18(15(3)11-13)26(24,25)21-8-6-17(23)22-9-7-16(20)19(4,5)12-22;/h10-11,16,21H,6-9,12,20H2,1-5H3;1H. The Balaban J connectivity index is 0.00000364. The minimum atomic E-state index is -3.64. The van der Waals surface area contributed by atoms with Crippen molar-refractivity contribution in [3.05, 3.63) is 28.8 Å². The Morgan fingerprint density at radius 2 is 1.81 bits per heavy atom. The van der Waals surface area contributed by atoms with Gasteiger partial charge in [0.05, 0.1) is 4.90 Å². The Hall–Kier alpha value is -1.15. The van der Waals surface area contributed by atoms with Gasteiger partial charge in [-0.15, -0.1) is 12.4 Å². The van der Waals surface area contributed by atoms with E-state index in [-0.39, 0.29) is 42.7 Å². The van der Waals surface area contributed by atoms with Crippen LogP contribution in [0, 0.1) is 26.2 Å². The zero-order chi connectivity index (χ0) is 19.7. The zero-order valence-corrected chi connectivity index (χ0v) is 18.5. The van der Waals surface area contributed by atoms with Gasteiger partial charge in [0.2, 0.25) is 15.9 Å². The van der Waals surface area contributed by atoms with Crippen molar-refractivity contribution in [1.29, 1.82) is 0 Å². The van der Waals surface area contributed by atoms with E-state index in [4.69, 9.17) is 5.73 Å². The highest BCUT2D eigenvalue weighted by Gasteiger charge is 2.35. The van der Waals surface area contributed by atoms with Crippen LogP contribution in [0.2, 0.25) is 0 Å². The third-order valence-corrected chi connectivity index (χ3v) is 6.93. The largest absolute Gasteiger partial charge is 0.342 e. The lowest BCUT2D eigenvalue weighted by molar-refractivity contribution is -0.134. The first-order valence-electron chi connectivity index (χ1n) is 9.05. The van der Waals surface area contributed by atoms with Gasteiger partial charge in [0.15, 0.2) is 0 Å². The first-order chi connectivity index (χ1) is 11.9. The fraction of sp³-hybridized carbons (Fsp3) is 0.632. The molecule has 1 fully saturated rings. The number of nitrogens with one attached hydrogen (secondary N) is 1. The predicted octanol–water partition coefficient (Wildman–Crippen LogP) is 2.29. The van der Waals surface area contributed by atoms with Gasteiger partial charge in [0.1, 0.15) is 0 Å². The van der Waals surface area contributed by atoms with Crippen LogP contribution in [0.3, 0.4) is 0 Å². The summed E-state index contributed by atoms with van der Waals surface area (Å²) in [4.78, 5) is 14.5. The van der Waals surface area contributed by atoms with Crippen molar-refractivity contribution in [2.24, 2.45) is 11.1 Å². The monoisotopic (exact) mass is 417 g/mol. The highest BCUT2D eigenvalue weighted by molar-refractivity contribution is 7.89. The van der Waals surface area contributed by atoms with Crippen molar-refractivity contribution >= 4 is 28.3 Å². The van der Waals surface area contributed by atoms with Crippen molar-refractivity contribution in [1.82, 2.24) is 9.62 Å². The molecule has 6 nitrogen and oxygen atoms in total. The molecule has 1 aliphatic heterocycles. The number of hydrogen-bond acceptors (Lipinski definition) is 4. The molecule has 0 aliphatic carbocycles. The molecule has 1 saturated heterocycles. The Kier molecular flexibility index (Phi) is 7.88. The van der Waals surface area contributed by atoms with E-state index in [0.717, 1.165) is 12.0 Å². The third kappa shape index (κ3) is 5.67. The van der Waals surface area contributed by atoms with Crippen LogP contribution in [-0.2, 0) is 14.8 Å². The molecule has 1 unspecified atom stereocenters. The summed E-state index contributed by atoms with van der Waals surface area (Å²) < 4.78 is 27.8. The number of aryl methyl sites for hydroxylation is 3. The molecule has 1 amide bonds. The molecule has 0 bridgehead atoms. The second kappa shape index (κ2) is 8.90. The summed E-state index contributed by atoms with van der Waals surface area (Å²) in [6.45, 7) is 11.0. The van der Waals surface area contributed by atoms with Gasteiger partial charge in [-0.05, 0) is 43.7 Å². The normalized spacial score (nSPS) is 19.5. The summed E-state index contributed by atoms with van der Waals surface area (Å²) in [6, 6.07) is 3.79. The van der Waals surface area contributed by atoms with Crippen LogP contribution < -0.4 is 10.5 Å². The van der Waals surface area contributed by atoms with Gasteiger partial charge in [-0.2, -0.15) is 0 Å². The first kappa shape index (κ1) is 23.9. The molecule has 1 aliphatic rings. The summed E-state index contributed by atoms with van der Waals surface area (Å²) in [5, 5.41) is 0. The van der Waals surface area contributed by atoms with E-state index in [2.05, 4.69) is 18.6 Å². The molecule has 0 saturated carbocycles. The quantitative estimate of drug-likeness (QED) is 0.768. The SMILES string of the molecule is Cc1cc(C)c(S(=O)(=O)NCCC(=O)N2CCC(N)C(C)(C)C2)c(C)c1.Cl. The van der Waals surface area contributed by atoms with Crippen LogP contribution in [0.25, 0.3) is 0 Å². The maximum Gasteiger partial charge on any atom is 0.241 e. The van der Waals surface area contributed by atoms with Crippen molar-refractivity contribution in [3.63, 3.8) is 0 Å². The number of piperidine rings is 1. The molecule has 0 radical (unpaired) electrons. The van der Waals surface area contributed by atoms with E-state index in [1.165, 1.54) is 0 Å². The molecular formula is C19H32ClN3O3S. The number of carbonyl (C=O) groups excluding carboxylic acids is 1. The number of likely N-dealkylation sites (tertiary alicyclic amines) is 1. The lowest BCUT2D eigenvalue weighted by Gasteiger charge is -2.42. The number of benzene rings is 1. The van der Waals surface area contributed by atoms with Gasteiger partial charge in [0.25, 0.3) is 0 Å². The Labute approximate surface area is 169 Å². The molecule has 154 valence electrons. The summed E-state index contributed by atoms with van der Waals surface area (Å²) in [7, 11) is -3.64. The average molecular weight is 418 g/mol. The zero-order valence-electron chi connectivity index (χ0n) is 16.8. The van der Waals surface area contributed by atoms with E-state index in [1.807, 2.05) is 19.1 Å². The second-order valence-corrected chi connectivity index (χ2v) is 9.78. The van der Waals surface area contributed by atoms with E-state index >= 15 is 0 Å². The minimum absolute atomic E-state index is 0. The van der Waals surface area contributed by atoms with Crippen LogP contribution >= 0.6 is 12.4 Å². The van der Waals surface area contributed by atoms with Crippen molar-refractivity contribution in [3.8, 4) is 0 Å². The van der Waals surface area contributed by atoms with E-state index in [0.29, 0.717) is 29.1 Å². The third-order valence-electron chi connectivity index (χ3n) is 5.17. The molecule has 1 heterocycles. The summed E-state index contributed by atoms with van der Waals surface area (Å²) in [5.41, 5.74) is 8.44. The van der Waals surface area contributed by atoms with Crippen LogP contribution in [0.1, 0.15) is 43.4 Å². The van der Waals surface area contributed by atoms with Crippen LogP contribution in [0.5, 0.6) is 0 Å². The summed E-state index contributed by atoms with van der Waals surface area (Å²) >= 11 is 0. The number of carbonyl (C=O) groups is 1. The molecule has 2 rings (SSSR count). The van der Waals surface area contributed by atoms with Crippen LogP contribution in [-0.4, -0.2) is 44.9 Å². The van der Waals surface area contributed by atoms with Gasteiger partial charge in [-0.1, -0.05) is 31.5 Å². The molecule has 27 heavy (non-hydrogen) atoms. The highest BCUT2D eigenvalue weighted by Crippen LogP contribution is 2.28. The van der Waals surface area contributed by atoms with Gasteiger partial charge in [0, 0.05) is 32.1 Å². The van der Waals surface area contributed by atoms with Gasteiger partial charge < -0.3 is 10.6 Å². The molecule has 1 aromatic carbocycles. The Morgan fingerprint density at radius 3 is 2.33 bits per heavy atom. The second-order valence-electron chi connectivity index (χ2n) is 8.07. The maximum absolute atomic E-state index is 12.6. The molecule has 0 aromatic heterocycles. The van der Waals surface area contributed by atoms with E-state index < -0.39 is 10.0 Å². The number of hydrogen-bond donors (Lipinski definition) is 2. The minimum Gasteiger partial charge on any atom is -0.342 e. The predicted molar refractivity (Wildman–Crippen MR) is 111 cm³/mol. The smallest absolute Gasteiger partial charge is 0.241 e.